The van der Waals surface area contributed by atoms with Crippen LogP contribution in [0, 0.1) is 24.0 Å². The minimum Gasteiger partial charge on any atom is -0.493 e. The van der Waals surface area contributed by atoms with Crippen molar-refractivity contribution in [3.05, 3.63) is 98.6 Å². The summed E-state index contributed by atoms with van der Waals surface area (Å²) < 4.78 is 11.2. The number of nitro benzene ring substituents is 1. The maximum Gasteiger partial charge on any atom is 0.269 e. The molecule has 8 nitrogen and oxygen atoms in total. The molecule has 0 unspecified atom stereocenters. The van der Waals surface area contributed by atoms with E-state index in [9.17, 15) is 14.9 Å². The molecule has 0 aliphatic heterocycles. The number of non-ortho nitro benzene ring substituents is 1. The third-order valence-electron chi connectivity index (χ3n) is 4.98. The molecule has 0 saturated carbocycles. The van der Waals surface area contributed by atoms with E-state index in [4.69, 9.17) is 9.47 Å². The third kappa shape index (κ3) is 6.64. The highest BCUT2D eigenvalue weighted by Gasteiger charge is 2.08. The number of ether oxygens (including phenoxy) is 2. The second-order valence-electron chi connectivity index (χ2n) is 7.52. The number of nitrogens with zero attached hydrogens (tertiary/aromatic N) is 2. The first-order valence-corrected chi connectivity index (χ1v) is 10.3. The Bertz CT molecular complexity index is 1170. The Morgan fingerprint density at radius 2 is 1.82 bits per heavy atom. The lowest BCUT2D eigenvalue weighted by Crippen LogP contribution is -2.20. The van der Waals surface area contributed by atoms with E-state index in [1.807, 2.05) is 32.0 Å². The van der Waals surface area contributed by atoms with Gasteiger partial charge in [0.25, 0.3) is 5.69 Å². The number of carbonyl (C=O) groups is 1. The van der Waals surface area contributed by atoms with Crippen LogP contribution in [0.25, 0.3) is 0 Å². The highest BCUT2D eigenvalue weighted by Crippen LogP contribution is 2.28. The van der Waals surface area contributed by atoms with Crippen molar-refractivity contribution in [3.8, 4) is 11.5 Å². The van der Waals surface area contributed by atoms with Crippen LogP contribution in [0.4, 0.5) is 5.69 Å². The van der Waals surface area contributed by atoms with Crippen molar-refractivity contribution >= 4 is 17.8 Å². The third-order valence-corrected chi connectivity index (χ3v) is 4.98. The molecule has 0 fully saturated rings. The van der Waals surface area contributed by atoms with Gasteiger partial charge in [-0.25, -0.2) is 5.43 Å². The summed E-state index contributed by atoms with van der Waals surface area (Å²) in [5, 5.41) is 14.8. The molecular formula is C25H25N3O5. The lowest BCUT2D eigenvalue weighted by Gasteiger charge is -2.11. The SMILES string of the molecule is COc1cc(/C=N\NC(=O)Cc2ccc(C)cc2C)ccc1OCc1ccc([N+](=O)[O-])cc1. The van der Waals surface area contributed by atoms with Crippen LogP contribution >= 0.6 is 0 Å². The number of rotatable bonds is 9. The van der Waals surface area contributed by atoms with E-state index in [-0.39, 0.29) is 24.6 Å². The molecule has 0 saturated heterocycles. The topological polar surface area (TPSA) is 103 Å². The van der Waals surface area contributed by atoms with Gasteiger partial charge in [-0.1, -0.05) is 23.8 Å². The first kappa shape index (κ1) is 23.5. The number of hydrogen-bond donors (Lipinski definition) is 1. The second-order valence-corrected chi connectivity index (χ2v) is 7.52. The summed E-state index contributed by atoms with van der Waals surface area (Å²) in [6, 6.07) is 17.4. The normalized spacial score (nSPS) is 10.8. The van der Waals surface area contributed by atoms with E-state index in [0.29, 0.717) is 11.5 Å². The van der Waals surface area contributed by atoms with Gasteiger partial charge in [-0.15, -0.1) is 0 Å². The molecule has 0 spiro atoms. The Balaban J connectivity index is 1.57. The number of aryl methyl sites for hydroxylation is 2. The molecule has 8 heteroatoms. The standard InChI is InChI=1S/C25H25N3O5/c1-17-4-8-21(18(2)12-17)14-25(29)27-26-15-20-7-11-23(24(13-20)32-3)33-16-19-5-9-22(10-6-19)28(30)31/h4-13,15H,14,16H2,1-3H3,(H,27,29)/b26-15-. The molecule has 3 aromatic rings. The van der Waals surface area contributed by atoms with Gasteiger partial charge in [0.15, 0.2) is 11.5 Å². The number of carbonyl (C=O) groups excluding carboxylic acids is 1. The maximum absolute atomic E-state index is 12.2. The van der Waals surface area contributed by atoms with E-state index in [1.54, 1.807) is 30.3 Å². The van der Waals surface area contributed by atoms with Crippen molar-refractivity contribution < 1.29 is 19.2 Å². The van der Waals surface area contributed by atoms with E-state index in [1.165, 1.54) is 25.5 Å². The Labute approximate surface area is 192 Å². The van der Waals surface area contributed by atoms with Gasteiger partial charge in [0, 0.05) is 12.1 Å². The molecule has 33 heavy (non-hydrogen) atoms. The van der Waals surface area contributed by atoms with Crippen LogP contribution in [0.3, 0.4) is 0 Å². The van der Waals surface area contributed by atoms with Crippen LogP contribution in [0.2, 0.25) is 0 Å². The predicted octanol–water partition coefficient (Wildman–Crippen LogP) is 4.49. The van der Waals surface area contributed by atoms with Gasteiger partial charge in [0.2, 0.25) is 5.91 Å². The summed E-state index contributed by atoms with van der Waals surface area (Å²) in [5.74, 6) is 0.822. The molecule has 1 amide bonds. The molecule has 3 aromatic carbocycles. The van der Waals surface area contributed by atoms with Gasteiger partial charge in [-0.2, -0.15) is 5.10 Å². The van der Waals surface area contributed by atoms with Crippen molar-refractivity contribution in [2.45, 2.75) is 26.9 Å². The molecule has 0 atom stereocenters. The number of benzene rings is 3. The number of nitro groups is 1. The summed E-state index contributed by atoms with van der Waals surface area (Å²) in [4.78, 5) is 22.5. The van der Waals surface area contributed by atoms with Crippen molar-refractivity contribution in [2.75, 3.05) is 7.11 Å². The van der Waals surface area contributed by atoms with Crippen LogP contribution in [-0.2, 0) is 17.8 Å². The fourth-order valence-electron chi connectivity index (χ4n) is 3.19. The zero-order valence-electron chi connectivity index (χ0n) is 18.7. The van der Waals surface area contributed by atoms with E-state index >= 15 is 0 Å². The monoisotopic (exact) mass is 447 g/mol. The molecular weight excluding hydrogens is 422 g/mol. The van der Waals surface area contributed by atoms with Crippen molar-refractivity contribution in [3.63, 3.8) is 0 Å². The fraction of sp³-hybridized carbons (Fsp3) is 0.200. The van der Waals surface area contributed by atoms with E-state index in [0.717, 1.165) is 27.8 Å². The zero-order valence-corrected chi connectivity index (χ0v) is 18.7. The molecule has 1 N–H and O–H groups in total. The summed E-state index contributed by atoms with van der Waals surface area (Å²) in [7, 11) is 1.53. The number of nitrogens with one attached hydrogen (secondary N) is 1. The lowest BCUT2D eigenvalue weighted by atomic mass is 10.0. The van der Waals surface area contributed by atoms with Crippen molar-refractivity contribution in [1.82, 2.24) is 5.43 Å². The van der Waals surface area contributed by atoms with Crippen LogP contribution in [0.5, 0.6) is 11.5 Å². The molecule has 0 aromatic heterocycles. The quantitative estimate of drug-likeness (QED) is 0.296. The van der Waals surface area contributed by atoms with E-state index in [2.05, 4.69) is 10.5 Å². The van der Waals surface area contributed by atoms with Gasteiger partial charge in [0.05, 0.1) is 24.7 Å². The van der Waals surface area contributed by atoms with Gasteiger partial charge >= 0.3 is 0 Å². The van der Waals surface area contributed by atoms with Gasteiger partial charge in [-0.05, 0) is 66.4 Å². The minimum absolute atomic E-state index is 0.0288. The lowest BCUT2D eigenvalue weighted by molar-refractivity contribution is -0.384. The second kappa shape index (κ2) is 10.9. The maximum atomic E-state index is 12.2. The largest absolute Gasteiger partial charge is 0.493 e. The van der Waals surface area contributed by atoms with Crippen LogP contribution in [0.15, 0.2) is 65.8 Å². The van der Waals surface area contributed by atoms with Crippen molar-refractivity contribution in [2.24, 2.45) is 5.10 Å². The molecule has 170 valence electrons. The van der Waals surface area contributed by atoms with Crippen LogP contribution in [-0.4, -0.2) is 24.2 Å². The van der Waals surface area contributed by atoms with Gasteiger partial charge in [0.1, 0.15) is 6.61 Å². The summed E-state index contributed by atoms with van der Waals surface area (Å²) in [6.45, 7) is 4.23. The highest BCUT2D eigenvalue weighted by molar-refractivity contribution is 5.84. The Hall–Kier alpha value is -4.20. The first-order chi connectivity index (χ1) is 15.9. The van der Waals surface area contributed by atoms with Gasteiger partial charge < -0.3 is 9.47 Å². The molecule has 0 radical (unpaired) electrons. The highest BCUT2D eigenvalue weighted by atomic mass is 16.6. The summed E-state index contributed by atoms with van der Waals surface area (Å²) in [5.41, 5.74) is 7.28. The van der Waals surface area contributed by atoms with Crippen LogP contribution < -0.4 is 14.9 Å². The molecule has 0 heterocycles. The number of hydrogen-bond acceptors (Lipinski definition) is 6. The molecule has 3 rings (SSSR count). The van der Waals surface area contributed by atoms with Crippen molar-refractivity contribution in [1.29, 1.82) is 0 Å². The molecule has 0 aliphatic carbocycles. The summed E-state index contributed by atoms with van der Waals surface area (Å²) in [6.07, 6.45) is 1.78. The van der Waals surface area contributed by atoms with E-state index < -0.39 is 4.92 Å². The number of methoxy groups -OCH3 is 1. The zero-order chi connectivity index (χ0) is 23.8. The van der Waals surface area contributed by atoms with Crippen LogP contribution in [0.1, 0.15) is 27.8 Å². The number of amides is 1. The first-order valence-electron chi connectivity index (χ1n) is 10.3. The Morgan fingerprint density at radius 1 is 1.06 bits per heavy atom. The molecule has 0 aliphatic rings. The average molecular weight is 447 g/mol. The number of hydrazone groups is 1. The Kier molecular flexibility index (Phi) is 7.75. The Morgan fingerprint density at radius 3 is 2.48 bits per heavy atom. The average Bonchev–Trinajstić information content (AvgIpc) is 2.80. The molecule has 0 bridgehead atoms. The van der Waals surface area contributed by atoms with Gasteiger partial charge in [-0.3, -0.25) is 14.9 Å². The summed E-state index contributed by atoms with van der Waals surface area (Å²) >= 11 is 0. The fourth-order valence-corrected chi connectivity index (χ4v) is 3.19. The minimum atomic E-state index is -0.445. The smallest absolute Gasteiger partial charge is 0.269 e. The predicted molar refractivity (Wildman–Crippen MR) is 126 cm³/mol.